The highest BCUT2D eigenvalue weighted by atomic mass is 16.7. The molecule has 0 bridgehead atoms. The molecule has 2 aromatic rings. The van der Waals surface area contributed by atoms with Crippen molar-refractivity contribution in [3.8, 4) is 5.69 Å². The summed E-state index contributed by atoms with van der Waals surface area (Å²) in [5.41, 5.74) is 3.19. The molecule has 1 atom stereocenters. The van der Waals surface area contributed by atoms with Crippen molar-refractivity contribution in [3.63, 3.8) is 0 Å². The summed E-state index contributed by atoms with van der Waals surface area (Å²) in [7, 11) is 1.94. The van der Waals surface area contributed by atoms with E-state index >= 15 is 0 Å². The van der Waals surface area contributed by atoms with Gasteiger partial charge in [-0.2, -0.15) is 0 Å². The molecule has 0 saturated carbocycles. The van der Waals surface area contributed by atoms with Crippen LogP contribution in [0.15, 0.2) is 30.5 Å². The first-order valence-corrected chi connectivity index (χ1v) is 8.23. The lowest BCUT2D eigenvalue weighted by Gasteiger charge is -2.22. The molecule has 6 heteroatoms. The van der Waals surface area contributed by atoms with E-state index in [4.69, 9.17) is 9.47 Å². The Morgan fingerprint density at radius 2 is 2.17 bits per heavy atom. The molecule has 1 aliphatic heterocycles. The van der Waals surface area contributed by atoms with E-state index in [9.17, 15) is 0 Å². The predicted octanol–water partition coefficient (Wildman–Crippen LogP) is 2.07. The van der Waals surface area contributed by atoms with Gasteiger partial charge in [0, 0.05) is 19.6 Å². The van der Waals surface area contributed by atoms with Crippen molar-refractivity contribution in [1.82, 2.24) is 20.3 Å². The molecule has 1 aromatic carbocycles. The van der Waals surface area contributed by atoms with Crippen LogP contribution in [0, 0.1) is 0 Å². The molecule has 124 valence electrons. The van der Waals surface area contributed by atoms with Crippen LogP contribution in [0.3, 0.4) is 0 Å². The number of hydrogen-bond acceptors (Lipinski definition) is 5. The van der Waals surface area contributed by atoms with E-state index in [1.165, 1.54) is 12.0 Å². The first-order chi connectivity index (χ1) is 11.3. The van der Waals surface area contributed by atoms with E-state index in [1.807, 2.05) is 13.2 Å². The van der Waals surface area contributed by atoms with Gasteiger partial charge in [0.1, 0.15) is 0 Å². The summed E-state index contributed by atoms with van der Waals surface area (Å²) in [6.45, 7) is 2.29. The highest BCUT2D eigenvalue weighted by Gasteiger charge is 2.14. The summed E-state index contributed by atoms with van der Waals surface area (Å²) >= 11 is 0. The number of ether oxygens (including phenoxy) is 2. The minimum atomic E-state index is -0.0430. The van der Waals surface area contributed by atoms with Gasteiger partial charge < -0.3 is 14.8 Å². The number of nitrogens with one attached hydrogen (secondary N) is 1. The van der Waals surface area contributed by atoms with E-state index < -0.39 is 0 Å². The van der Waals surface area contributed by atoms with Gasteiger partial charge in [0.2, 0.25) is 0 Å². The second kappa shape index (κ2) is 8.19. The summed E-state index contributed by atoms with van der Waals surface area (Å²) < 4.78 is 13.1. The van der Waals surface area contributed by atoms with Crippen LogP contribution >= 0.6 is 0 Å². The van der Waals surface area contributed by atoms with Crippen molar-refractivity contribution >= 4 is 0 Å². The molecular formula is C17H24N4O2. The topological polar surface area (TPSA) is 61.2 Å². The fourth-order valence-corrected chi connectivity index (χ4v) is 2.65. The molecule has 0 spiro atoms. The van der Waals surface area contributed by atoms with E-state index in [1.54, 1.807) is 4.68 Å². The quantitative estimate of drug-likeness (QED) is 0.847. The van der Waals surface area contributed by atoms with E-state index in [2.05, 4.69) is 39.9 Å². The third-order valence-electron chi connectivity index (χ3n) is 3.92. The lowest BCUT2D eigenvalue weighted by atomic mass is 10.2. The minimum absolute atomic E-state index is 0.0430. The number of hydrogen-bond donors (Lipinski definition) is 1. The largest absolute Gasteiger partial charge is 0.353 e. The summed E-state index contributed by atoms with van der Waals surface area (Å²) in [4.78, 5) is 0. The predicted molar refractivity (Wildman–Crippen MR) is 87.4 cm³/mol. The minimum Gasteiger partial charge on any atom is -0.353 e. The standard InChI is InChI=1S/C17H24N4O2/c1-18-12-14-5-7-16(8-6-14)21-13-15(19-20-21)9-11-23-17-4-2-3-10-22-17/h5-8,13,17-18H,2-4,9-12H2,1H3. The highest BCUT2D eigenvalue weighted by molar-refractivity contribution is 5.33. The molecule has 23 heavy (non-hydrogen) atoms. The third-order valence-corrected chi connectivity index (χ3v) is 3.92. The second-order valence-corrected chi connectivity index (χ2v) is 5.77. The smallest absolute Gasteiger partial charge is 0.157 e. The Bertz CT molecular complexity index is 591. The molecule has 1 N–H and O–H groups in total. The first kappa shape index (κ1) is 16.1. The molecule has 1 unspecified atom stereocenters. The SMILES string of the molecule is CNCc1ccc(-n2cc(CCOC3CCCCO3)nn2)cc1. The Morgan fingerprint density at radius 3 is 2.91 bits per heavy atom. The second-order valence-electron chi connectivity index (χ2n) is 5.77. The first-order valence-electron chi connectivity index (χ1n) is 8.23. The fourth-order valence-electron chi connectivity index (χ4n) is 2.65. The summed E-state index contributed by atoms with van der Waals surface area (Å²) in [5, 5.41) is 11.5. The average Bonchev–Trinajstić information content (AvgIpc) is 3.06. The van der Waals surface area contributed by atoms with Crippen LogP contribution in [0.5, 0.6) is 0 Å². The van der Waals surface area contributed by atoms with Crippen LogP contribution in [-0.2, 0) is 22.4 Å². The van der Waals surface area contributed by atoms with Gasteiger partial charge in [0.15, 0.2) is 6.29 Å². The average molecular weight is 316 g/mol. The molecule has 0 amide bonds. The molecule has 0 radical (unpaired) electrons. The molecule has 1 aliphatic rings. The van der Waals surface area contributed by atoms with Gasteiger partial charge in [0.05, 0.1) is 24.2 Å². The van der Waals surface area contributed by atoms with Gasteiger partial charge in [-0.3, -0.25) is 0 Å². The van der Waals surface area contributed by atoms with Gasteiger partial charge in [-0.15, -0.1) is 5.10 Å². The van der Waals surface area contributed by atoms with Crippen molar-refractivity contribution in [1.29, 1.82) is 0 Å². The Balaban J connectivity index is 1.51. The maximum Gasteiger partial charge on any atom is 0.157 e. The maximum absolute atomic E-state index is 5.74. The van der Waals surface area contributed by atoms with Crippen LogP contribution in [0.4, 0.5) is 0 Å². The van der Waals surface area contributed by atoms with E-state index in [-0.39, 0.29) is 6.29 Å². The van der Waals surface area contributed by atoms with Gasteiger partial charge in [-0.25, -0.2) is 4.68 Å². The zero-order valence-corrected chi connectivity index (χ0v) is 13.6. The molecular weight excluding hydrogens is 292 g/mol. The van der Waals surface area contributed by atoms with Crippen LogP contribution < -0.4 is 5.32 Å². The summed E-state index contributed by atoms with van der Waals surface area (Å²) in [6.07, 6.45) is 5.98. The molecule has 2 heterocycles. The van der Waals surface area contributed by atoms with Gasteiger partial charge in [-0.1, -0.05) is 17.3 Å². The van der Waals surface area contributed by atoms with Crippen LogP contribution in [0.1, 0.15) is 30.5 Å². The van der Waals surface area contributed by atoms with Crippen molar-refractivity contribution in [3.05, 3.63) is 41.7 Å². The Hall–Kier alpha value is -1.76. The zero-order valence-electron chi connectivity index (χ0n) is 13.6. The molecule has 0 aliphatic carbocycles. The van der Waals surface area contributed by atoms with Crippen LogP contribution in [0.2, 0.25) is 0 Å². The van der Waals surface area contributed by atoms with Crippen molar-refractivity contribution in [2.45, 2.75) is 38.5 Å². The molecule has 1 fully saturated rings. The Kier molecular flexibility index (Phi) is 5.74. The summed E-state index contributed by atoms with van der Waals surface area (Å²) in [5.74, 6) is 0. The molecule has 1 saturated heterocycles. The molecule has 6 nitrogen and oxygen atoms in total. The normalized spacial score (nSPS) is 18.2. The van der Waals surface area contributed by atoms with Crippen LogP contribution in [-0.4, -0.2) is 41.5 Å². The van der Waals surface area contributed by atoms with Gasteiger partial charge in [0.25, 0.3) is 0 Å². The summed E-state index contributed by atoms with van der Waals surface area (Å²) in [6, 6.07) is 8.29. The number of benzene rings is 1. The molecule has 3 rings (SSSR count). The lowest BCUT2D eigenvalue weighted by molar-refractivity contribution is -0.161. The Morgan fingerprint density at radius 1 is 1.30 bits per heavy atom. The van der Waals surface area contributed by atoms with Gasteiger partial charge in [-0.05, 0) is 44.0 Å². The fraction of sp³-hybridized carbons (Fsp3) is 0.529. The van der Waals surface area contributed by atoms with E-state index in [0.29, 0.717) is 6.61 Å². The van der Waals surface area contributed by atoms with Gasteiger partial charge >= 0.3 is 0 Å². The van der Waals surface area contributed by atoms with E-state index in [0.717, 1.165) is 43.8 Å². The molecule has 1 aromatic heterocycles. The highest BCUT2D eigenvalue weighted by Crippen LogP contribution is 2.14. The number of rotatable bonds is 7. The third kappa shape index (κ3) is 4.60. The Labute approximate surface area is 136 Å². The maximum atomic E-state index is 5.74. The number of aromatic nitrogens is 3. The van der Waals surface area contributed by atoms with Crippen molar-refractivity contribution < 1.29 is 9.47 Å². The van der Waals surface area contributed by atoms with Crippen LogP contribution in [0.25, 0.3) is 5.69 Å². The van der Waals surface area contributed by atoms with Crippen molar-refractivity contribution in [2.75, 3.05) is 20.3 Å². The lowest BCUT2D eigenvalue weighted by Crippen LogP contribution is -2.23. The van der Waals surface area contributed by atoms with Crippen molar-refractivity contribution in [2.24, 2.45) is 0 Å². The number of nitrogens with zero attached hydrogens (tertiary/aromatic N) is 3. The zero-order chi connectivity index (χ0) is 15.9. The monoisotopic (exact) mass is 316 g/mol.